The lowest BCUT2D eigenvalue weighted by atomic mass is 9.78. The highest BCUT2D eigenvalue weighted by molar-refractivity contribution is 5.78. The molecule has 0 radical (unpaired) electrons. The van der Waals surface area contributed by atoms with E-state index in [4.69, 9.17) is 5.11 Å². The lowest BCUT2D eigenvalue weighted by molar-refractivity contribution is -0.140. The Morgan fingerprint density at radius 1 is 1.20 bits per heavy atom. The summed E-state index contributed by atoms with van der Waals surface area (Å²) in [6.07, 6.45) is 7.44. The van der Waals surface area contributed by atoms with Crippen molar-refractivity contribution in [1.29, 1.82) is 0 Å². The van der Waals surface area contributed by atoms with Crippen LogP contribution >= 0.6 is 0 Å². The average molecular weight is 282 g/mol. The number of carboxylic acid groups (broad SMARTS) is 1. The van der Waals surface area contributed by atoms with E-state index in [2.05, 4.69) is 4.90 Å². The van der Waals surface area contributed by atoms with Gasteiger partial charge in [-0.15, -0.1) is 0 Å². The monoisotopic (exact) mass is 282 g/mol. The van der Waals surface area contributed by atoms with E-state index in [1.807, 2.05) is 11.9 Å². The minimum atomic E-state index is -0.811. The molecule has 20 heavy (non-hydrogen) atoms. The number of hydrogen-bond donors (Lipinski definition) is 1. The normalized spacial score (nSPS) is 26.4. The Kier molecular flexibility index (Phi) is 5.40. The number of hydrogen-bond acceptors (Lipinski definition) is 3. The predicted molar refractivity (Wildman–Crippen MR) is 76.4 cm³/mol. The van der Waals surface area contributed by atoms with E-state index in [0.717, 1.165) is 19.4 Å². The van der Waals surface area contributed by atoms with Crippen LogP contribution in [0, 0.1) is 5.92 Å². The molecule has 1 saturated carbocycles. The molecule has 1 aliphatic heterocycles. The number of likely N-dealkylation sites (N-methyl/N-ethyl adjacent to an activating group) is 1. The molecule has 2 aliphatic rings. The van der Waals surface area contributed by atoms with Crippen LogP contribution in [0.15, 0.2) is 0 Å². The first kappa shape index (κ1) is 15.3. The van der Waals surface area contributed by atoms with Crippen LogP contribution in [0.4, 0.5) is 0 Å². The molecule has 0 bridgehead atoms. The Balaban J connectivity index is 1.85. The van der Waals surface area contributed by atoms with Crippen molar-refractivity contribution in [1.82, 2.24) is 9.80 Å². The van der Waals surface area contributed by atoms with Gasteiger partial charge in [0.05, 0.1) is 13.0 Å². The molecular formula is C15H26N2O3. The van der Waals surface area contributed by atoms with E-state index in [-0.39, 0.29) is 12.3 Å². The maximum absolute atomic E-state index is 12.4. The number of amides is 1. The third-order valence-corrected chi connectivity index (χ3v) is 4.68. The number of carboxylic acids is 1. The summed E-state index contributed by atoms with van der Waals surface area (Å²) in [5.74, 6) is 0.0647. The zero-order valence-corrected chi connectivity index (χ0v) is 12.4. The minimum absolute atomic E-state index is 0.0931. The van der Waals surface area contributed by atoms with E-state index in [1.165, 1.54) is 25.7 Å². The summed E-state index contributed by atoms with van der Waals surface area (Å²) in [6, 6.07) is 0.442. The molecule has 1 amide bonds. The van der Waals surface area contributed by atoms with Crippen LogP contribution in [0.2, 0.25) is 0 Å². The van der Waals surface area contributed by atoms with Gasteiger partial charge in [0.1, 0.15) is 0 Å². The summed E-state index contributed by atoms with van der Waals surface area (Å²) in [6.45, 7) is 1.66. The third-order valence-electron chi connectivity index (χ3n) is 4.68. The van der Waals surface area contributed by atoms with Crippen LogP contribution in [-0.2, 0) is 9.59 Å². The molecule has 5 nitrogen and oxygen atoms in total. The number of piperidine rings is 1. The fourth-order valence-electron chi connectivity index (χ4n) is 3.62. The molecule has 2 fully saturated rings. The Hall–Kier alpha value is -1.10. The quantitative estimate of drug-likeness (QED) is 0.831. The van der Waals surface area contributed by atoms with Crippen molar-refractivity contribution in [2.75, 3.05) is 26.7 Å². The number of rotatable bonds is 5. The second-order valence-corrected chi connectivity index (χ2v) is 6.22. The number of nitrogens with zero attached hydrogens (tertiary/aromatic N) is 2. The molecule has 2 atom stereocenters. The van der Waals surface area contributed by atoms with E-state index < -0.39 is 5.97 Å². The van der Waals surface area contributed by atoms with Gasteiger partial charge in [-0.2, -0.15) is 0 Å². The lowest BCUT2D eigenvalue weighted by Gasteiger charge is -2.44. The zero-order chi connectivity index (χ0) is 14.5. The molecule has 2 rings (SSSR count). The zero-order valence-electron chi connectivity index (χ0n) is 12.4. The van der Waals surface area contributed by atoms with Gasteiger partial charge in [-0.05, 0) is 38.6 Å². The van der Waals surface area contributed by atoms with Gasteiger partial charge in [-0.1, -0.05) is 12.8 Å². The number of likely N-dealkylation sites (tertiary alicyclic amines) is 1. The van der Waals surface area contributed by atoms with Crippen molar-refractivity contribution in [3.05, 3.63) is 0 Å². The van der Waals surface area contributed by atoms with Crippen molar-refractivity contribution in [2.45, 2.75) is 51.0 Å². The van der Waals surface area contributed by atoms with E-state index in [9.17, 15) is 9.59 Å². The standard InChI is InChI=1S/C15H26N2O3/c1-16(10-8-15(19)20)11-14(18)17-9-4-6-12-5-2-3-7-13(12)17/h12-13H,2-11H2,1H3,(H,19,20)/t12-,13+/m1/s1. The largest absolute Gasteiger partial charge is 0.481 e. The number of aliphatic carboxylic acids is 1. The predicted octanol–water partition coefficient (Wildman–Crippen LogP) is 1.57. The van der Waals surface area contributed by atoms with Gasteiger partial charge in [-0.25, -0.2) is 0 Å². The summed E-state index contributed by atoms with van der Waals surface area (Å²) in [5, 5.41) is 8.68. The Bertz CT molecular complexity index is 357. The molecule has 0 aromatic rings. The van der Waals surface area contributed by atoms with Crippen molar-refractivity contribution < 1.29 is 14.7 Å². The minimum Gasteiger partial charge on any atom is -0.481 e. The van der Waals surface area contributed by atoms with Crippen molar-refractivity contribution in [3.63, 3.8) is 0 Å². The van der Waals surface area contributed by atoms with Gasteiger partial charge in [0.2, 0.25) is 5.91 Å². The summed E-state index contributed by atoms with van der Waals surface area (Å²) in [5.41, 5.74) is 0. The Morgan fingerprint density at radius 2 is 1.90 bits per heavy atom. The molecule has 0 aromatic carbocycles. The fourth-order valence-corrected chi connectivity index (χ4v) is 3.62. The molecule has 1 heterocycles. The van der Waals surface area contributed by atoms with Crippen molar-refractivity contribution >= 4 is 11.9 Å². The van der Waals surface area contributed by atoms with Gasteiger partial charge < -0.3 is 10.0 Å². The first-order valence-corrected chi connectivity index (χ1v) is 7.77. The first-order valence-electron chi connectivity index (χ1n) is 7.77. The van der Waals surface area contributed by atoms with Crippen molar-refractivity contribution in [3.8, 4) is 0 Å². The summed E-state index contributed by atoms with van der Waals surface area (Å²) in [4.78, 5) is 26.9. The van der Waals surface area contributed by atoms with Crippen LogP contribution in [0.5, 0.6) is 0 Å². The molecule has 114 valence electrons. The molecule has 5 heteroatoms. The van der Waals surface area contributed by atoms with Crippen LogP contribution in [0.3, 0.4) is 0 Å². The smallest absolute Gasteiger partial charge is 0.304 e. The van der Waals surface area contributed by atoms with E-state index >= 15 is 0 Å². The topological polar surface area (TPSA) is 60.9 Å². The average Bonchev–Trinajstić information content (AvgIpc) is 2.44. The highest BCUT2D eigenvalue weighted by atomic mass is 16.4. The van der Waals surface area contributed by atoms with Crippen LogP contribution in [-0.4, -0.2) is 59.5 Å². The molecule has 1 N–H and O–H groups in total. The molecule has 0 spiro atoms. The number of fused-ring (bicyclic) bond motifs is 1. The molecule has 0 unspecified atom stereocenters. The first-order chi connectivity index (χ1) is 9.58. The van der Waals surface area contributed by atoms with Crippen LogP contribution in [0.1, 0.15) is 44.9 Å². The van der Waals surface area contributed by atoms with Gasteiger partial charge in [0, 0.05) is 19.1 Å². The maximum atomic E-state index is 12.4. The summed E-state index contributed by atoms with van der Waals surface area (Å²) in [7, 11) is 1.82. The molecule has 1 aliphatic carbocycles. The van der Waals surface area contributed by atoms with Crippen LogP contribution in [0.25, 0.3) is 0 Å². The number of carbonyl (C=O) groups is 2. The SMILES string of the molecule is CN(CCC(=O)O)CC(=O)N1CCC[C@H]2CCCC[C@@H]21. The molecular weight excluding hydrogens is 256 g/mol. The highest BCUT2D eigenvalue weighted by Crippen LogP contribution is 2.35. The third kappa shape index (κ3) is 3.95. The van der Waals surface area contributed by atoms with Gasteiger partial charge in [0.25, 0.3) is 0 Å². The number of carbonyl (C=O) groups excluding carboxylic acids is 1. The fraction of sp³-hybridized carbons (Fsp3) is 0.867. The second kappa shape index (κ2) is 7.07. The summed E-state index contributed by atoms with van der Waals surface area (Å²) >= 11 is 0. The van der Waals surface area contributed by atoms with Gasteiger partial charge in [-0.3, -0.25) is 14.5 Å². The van der Waals surface area contributed by atoms with E-state index in [1.54, 1.807) is 0 Å². The van der Waals surface area contributed by atoms with Gasteiger partial charge >= 0.3 is 5.97 Å². The van der Waals surface area contributed by atoms with Gasteiger partial charge in [0.15, 0.2) is 0 Å². The molecule has 0 aromatic heterocycles. The summed E-state index contributed by atoms with van der Waals surface area (Å²) < 4.78 is 0. The maximum Gasteiger partial charge on any atom is 0.304 e. The van der Waals surface area contributed by atoms with Crippen molar-refractivity contribution in [2.24, 2.45) is 5.92 Å². The second-order valence-electron chi connectivity index (χ2n) is 6.22. The Morgan fingerprint density at radius 3 is 2.65 bits per heavy atom. The van der Waals surface area contributed by atoms with Crippen LogP contribution < -0.4 is 0 Å². The lowest BCUT2D eigenvalue weighted by Crippen LogP contribution is -2.52. The highest BCUT2D eigenvalue weighted by Gasteiger charge is 2.35. The van der Waals surface area contributed by atoms with E-state index in [0.29, 0.717) is 25.0 Å². The Labute approximate surface area is 120 Å². The molecule has 1 saturated heterocycles.